The van der Waals surface area contributed by atoms with Crippen molar-refractivity contribution in [2.24, 2.45) is 59.1 Å². The fraction of sp³-hybridized carbons (Fsp3) is 0.860. The second-order valence-corrected chi connectivity index (χ2v) is 28.9. The summed E-state index contributed by atoms with van der Waals surface area (Å²) < 4.78 is 11.7. The Labute approximate surface area is 395 Å². The molecule has 1 aliphatic rings. The number of hydrogen-bond donors (Lipinski definition) is 2. The lowest BCUT2D eigenvalue weighted by molar-refractivity contribution is -0.279. The number of aliphatic hydroxyl groups is 1. The molecule has 2 N–H and O–H groups in total. The van der Waals surface area contributed by atoms with Crippen LogP contribution in [0.15, 0.2) is 35.3 Å². The third-order valence-electron chi connectivity index (χ3n) is 10.6. The first-order chi connectivity index (χ1) is 27.3. The highest BCUT2D eigenvalue weighted by Gasteiger charge is 2.55. The Hall–Kier alpha value is -1.60. The van der Waals surface area contributed by atoms with Gasteiger partial charge in [0.25, 0.3) is 0 Å². The van der Waals surface area contributed by atoms with E-state index >= 15 is 0 Å². The van der Waals surface area contributed by atoms with Gasteiger partial charge in [0.2, 0.25) is 0 Å². The van der Waals surface area contributed by atoms with Crippen molar-refractivity contribution in [3.05, 3.63) is 35.9 Å². The summed E-state index contributed by atoms with van der Waals surface area (Å²) in [6, 6.07) is 11.6. The summed E-state index contributed by atoms with van der Waals surface area (Å²) in [6.45, 7) is 71.0. The Bertz CT molecular complexity index is 1370. The van der Waals surface area contributed by atoms with Gasteiger partial charge in [-0.2, -0.15) is 0 Å². The molecule has 0 amide bonds. The molecule has 374 valence electrons. The molecule has 1 aromatic carbocycles. The molecule has 63 heavy (non-hydrogen) atoms. The van der Waals surface area contributed by atoms with Crippen molar-refractivity contribution in [3.63, 3.8) is 0 Å². The Kier molecular flexibility index (Phi) is 24.9. The molecule has 6 nitrogen and oxygen atoms in total. The van der Waals surface area contributed by atoms with Crippen LogP contribution < -0.4 is 5.32 Å². The number of Topliss-reactive ketones (excluding diaryl/α,β-unsaturated/α-hetero) is 1. The van der Waals surface area contributed by atoms with E-state index in [2.05, 4.69) is 210 Å². The average Bonchev–Trinajstić information content (AvgIpc) is 3.54. The normalized spacial score (nSPS) is 15.6. The van der Waals surface area contributed by atoms with E-state index in [4.69, 9.17) is 14.5 Å². The molecule has 0 atom stereocenters. The standard InChI is InChI=1S/C16H25N.C12H27N.C11H22O2.C9H20O.C9H18O/c1-15(2,3)14(16(4,5)6)17-12-13-10-8-7-9-11-13;1-9(2)13-10(11(3,4)5)12(6,7)8;1-9(2,3)11(10(4,5)6)12-7-8-13-11;2*1-8(2,3)7(10)9(4,5)6/h7-11H,12H2,1-6H3;9-10,13H,1-8H3;7-8H2,1-6H3;7,10H,1-6H3;1-6H3. The van der Waals surface area contributed by atoms with Crippen molar-refractivity contribution in [1.82, 2.24) is 5.32 Å². The van der Waals surface area contributed by atoms with Gasteiger partial charge in [0, 0.05) is 50.3 Å². The minimum absolute atomic E-state index is 0.00174. The zero-order valence-corrected chi connectivity index (χ0v) is 48.4. The minimum Gasteiger partial charge on any atom is -0.392 e. The van der Waals surface area contributed by atoms with Crippen LogP contribution in [0.3, 0.4) is 0 Å². The van der Waals surface area contributed by atoms with Crippen molar-refractivity contribution < 1.29 is 19.4 Å². The van der Waals surface area contributed by atoms with E-state index in [1.807, 2.05) is 47.6 Å². The molecular weight excluding hydrogens is 777 g/mol. The number of hydrogen-bond acceptors (Lipinski definition) is 6. The van der Waals surface area contributed by atoms with Crippen LogP contribution >= 0.6 is 0 Å². The highest BCUT2D eigenvalue weighted by Crippen LogP contribution is 2.49. The van der Waals surface area contributed by atoms with E-state index in [9.17, 15) is 9.90 Å². The van der Waals surface area contributed by atoms with Crippen LogP contribution in [-0.2, 0) is 20.8 Å². The van der Waals surface area contributed by atoms with E-state index in [0.29, 0.717) is 41.9 Å². The smallest absolute Gasteiger partial charge is 0.178 e. The molecule has 1 heterocycles. The van der Waals surface area contributed by atoms with Crippen LogP contribution in [0.25, 0.3) is 0 Å². The zero-order valence-electron chi connectivity index (χ0n) is 48.4. The van der Waals surface area contributed by atoms with Crippen LogP contribution in [-0.4, -0.2) is 53.8 Å². The van der Waals surface area contributed by atoms with Crippen molar-refractivity contribution >= 4 is 11.5 Å². The lowest BCUT2D eigenvalue weighted by Gasteiger charge is -2.48. The predicted molar refractivity (Wildman–Crippen MR) is 280 cm³/mol. The first-order valence-corrected chi connectivity index (χ1v) is 24.1. The van der Waals surface area contributed by atoms with E-state index in [1.54, 1.807) is 0 Å². The van der Waals surface area contributed by atoms with Crippen LogP contribution in [0, 0.1) is 54.1 Å². The molecule has 0 aliphatic carbocycles. The second kappa shape index (κ2) is 23.9. The fourth-order valence-electron chi connectivity index (χ4n) is 9.31. The zero-order chi connectivity index (χ0) is 51.4. The maximum Gasteiger partial charge on any atom is 0.178 e. The first kappa shape index (κ1) is 65.7. The summed E-state index contributed by atoms with van der Waals surface area (Å²) >= 11 is 0. The summed E-state index contributed by atoms with van der Waals surface area (Å²) in [5.41, 5.74) is 3.11. The lowest BCUT2D eigenvalue weighted by Crippen LogP contribution is -2.54. The van der Waals surface area contributed by atoms with Crippen LogP contribution in [0.1, 0.15) is 227 Å². The summed E-state index contributed by atoms with van der Waals surface area (Å²) in [5.74, 6) is -0.111. The molecule has 0 saturated carbocycles. The largest absolute Gasteiger partial charge is 0.392 e. The van der Waals surface area contributed by atoms with E-state index < -0.39 is 5.79 Å². The number of ketones is 1. The summed E-state index contributed by atoms with van der Waals surface area (Å²) in [4.78, 5) is 16.3. The number of carbonyl (C=O) groups excluding carboxylic acids is 1. The fourth-order valence-corrected chi connectivity index (χ4v) is 9.31. The van der Waals surface area contributed by atoms with E-state index in [0.717, 1.165) is 6.54 Å². The highest BCUT2D eigenvalue weighted by molar-refractivity contribution is 5.93. The SMILES string of the molecule is CC(C)(C)C(=NCc1ccccc1)C(C)(C)C.CC(C)(C)C(=O)C(C)(C)C.CC(C)(C)C(O)C(C)(C)C.CC(C)(C)C1(C(C)(C)C)OCCO1.CC(C)NC(C(C)(C)C)C(C)(C)C. The van der Waals surface area contributed by atoms with Crippen molar-refractivity contribution in [2.75, 3.05) is 13.2 Å². The molecule has 0 radical (unpaired) electrons. The minimum atomic E-state index is -0.431. The molecule has 0 aromatic heterocycles. The maximum absolute atomic E-state index is 11.5. The number of nitrogens with zero attached hydrogens (tertiary/aromatic N) is 1. The third kappa shape index (κ3) is 25.2. The number of aliphatic hydroxyl groups excluding tert-OH is 1. The van der Waals surface area contributed by atoms with Crippen LogP contribution in [0.5, 0.6) is 0 Å². The number of aliphatic imine (C=N–C) groups is 1. The van der Waals surface area contributed by atoms with E-state index in [1.165, 1.54) is 11.3 Å². The third-order valence-corrected chi connectivity index (χ3v) is 10.6. The van der Waals surface area contributed by atoms with Gasteiger partial charge in [-0.1, -0.05) is 252 Å². The topological polar surface area (TPSA) is 80.2 Å². The number of ether oxygens (including phenoxy) is 2. The summed E-state index contributed by atoms with van der Waals surface area (Å²) in [6.07, 6.45) is -0.236. The number of benzene rings is 1. The van der Waals surface area contributed by atoms with Gasteiger partial charge in [-0.15, -0.1) is 0 Å². The molecule has 0 unspecified atom stereocenters. The van der Waals surface area contributed by atoms with Gasteiger partial charge in [-0.3, -0.25) is 9.79 Å². The summed E-state index contributed by atoms with van der Waals surface area (Å²) in [5, 5.41) is 13.4. The van der Waals surface area contributed by atoms with Gasteiger partial charge in [0.15, 0.2) is 5.79 Å². The molecule has 2 rings (SSSR count). The Morgan fingerprint density at radius 2 is 0.873 bits per heavy atom. The van der Waals surface area contributed by atoms with E-state index in [-0.39, 0.29) is 49.4 Å². The van der Waals surface area contributed by atoms with Crippen molar-refractivity contribution in [1.29, 1.82) is 0 Å². The quantitative estimate of drug-likeness (QED) is 0.294. The molecular formula is C57H112N2O4. The van der Waals surface area contributed by atoms with Crippen molar-refractivity contribution in [3.8, 4) is 0 Å². The average molecular weight is 890 g/mol. The Morgan fingerprint density at radius 3 is 1.03 bits per heavy atom. The molecule has 1 fully saturated rings. The van der Waals surface area contributed by atoms with Gasteiger partial charge < -0.3 is 19.9 Å². The van der Waals surface area contributed by atoms with Gasteiger partial charge in [0.05, 0.1) is 25.9 Å². The molecule has 1 aliphatic heterocycles. The molecule has 0 spiro atoms. The number of carbonyl (C=O) groups is 1. The predicted octanol–water partition coefficient (Wildman–Crippen LogP) is 16.1. The van der Waals surface area contributed by atoms with Gasteiger partial charge in [-0.05, 0) is 27.2 Å². The van der Waals surface area contributed by atoms with Gasteiger partial charge >= 0.3 is 0 Å². The Morgan fingerprint density at radius 1 is 0.556 bits per heavy atom. The Balaban J connectivity index is -0.000000726. The molecule has 1 saturated heterocycles. The summed E-state index contributed by atoms with van der Waals surface area (Å²) in [7, 11) is 0. The molecule has 0 bridgehead atoms. The van der Waals surface area contributed by atoms with Gasteiger partial charge in [-0.25, -0.2) is 0 Å². The molecule has 6 heteroatoms. The highest BCUT2D eigenvalue weighted by atomic mass is 16.7. The maximum atomic E-state index is 11.5. The first-order valence-electron chi connectivity index (χ1n) is 24.1. The van der Waals surface area contributed by atoms with Crippen LogP contribution in [0.4, 0.5) is 0 Å². The van der Waals surface area contributed by atoms with Crippen molar-refractivity contribution in [2.45, 2.75) is 252 Å². The monoisotopic (exact) mass is 889 g/mol. The molecule has 1 aromatic rings. The number of nitrogens with one attached hydrogen (secondary N) is 1. The lowest BCUT2D eigenvalue weighted by atomic mass is 9.70. The number of rotatable bonds is 4. The van der Waals surface area contributed by atoms with Gasteiger partial charge in [0.1, 0.15) is 5.78 Å². The second-order valence-electron chi connectivity index (χ2n) is 28.9. The van der Waals surface area contributed by atoms with Crippen LogP contribution in [0.2, 0.25) is 0 Å².